The molecule has 0 spiro atoms. The maximum atomic E-state index is 9.83. The summed E-state index contributed by atoms with van der Waals surface area (Å²) in [5.41, 5.74) is -1.05. The molecule has 1 N–H and O–H groups in total. The van der Waals surface area contributed by atoms with Gasteiger partial charge in [-0.2, -0.15) is 0 Å². The van der Waals surface area contributed by atoms with Crippen LogP contribution in [0.2, 0.25) is 0 Å². The van der Waals surface area contributed by atoms with E-state index >= 15 is 0 Å². The fourth-order valence-corrected chi connectivity index (χ4v) is 1.88. The smallest absolute Gasteiger partial charge is 0.124 e. The Morgan fingerprint density at radius 3 is 2.70 bits per heavy atom. The number of hydrogen-bond acceptors (Lipinski definition) is 2. The molecular weight excluding hydrogens is 128 g/mol. The second-order valence-corrected chi connectivity index (χ2v) is 3.38. The number of epoxide rings is 1. The minimum atomic E-state index is -0.752. The lowest BCUT2D eigenvalue weighted by molar-refractivity contribution is 0.00635. The lowest BCUT2D eigenvalue weighted by atomic mass is 9.91. The van der Waals surface area contributed by atoms with Gasteiger partial charge in [0.2, 0.25) is 0 Å². The maximum Gasteiger partial charge on any atom is 0.124 e. The average Bonchev–Trinajstić information content (AvgIpc) is 2.53. The monoisotopic (exact) mass is 140 g/mol. The molecule has 1 heterocycles. The van der Waals surface area contributed by atoms with Gasteiger partial charge in [-0.3, -0.25) is 0 Å². The van der Waals surface area contributed by atoms with Crippen molar-refractivity contribution in [2.75, 3.05) is 0 Å². The molecule has 3 atom stereocenters. The van der Waals surface area contributed by atoms with E-state index in [1.54, 1.807) is 6.08 Å². The van der Waals surface area contributed by atoms with Crippen LogP contribution in [0, 0.1) is 0 Å². The van der Waals surface area contributed by atoms with Crippen LogP contribution < -0.4 is 0 Å². The summed E-state index contributed by atoms with van der Waals surface area (Å²) in [6, 6.07) is 0. The van der Waals surface area contributed by atoms with E-state index in [0.29, 0.717) is 0 Å². The van der Waals surface area contributed by atoms with Crippen LogP contribution in [0.1, 0.15) is 19.8 Å². The molecule has 1 saturated heterocycles. The molecule has 0 radical (unpaired) electrons. The van der Waals surface area contributed by atoms with Crippen LogP contribution in [0.3, 0.4) is 0 Å². The molecule has 2 aliphatic rings. The molecule has 0 amide bonds. The van der Waals surface area contributed by atoms with Crippen molar-refractivity contribution in [3.8, 4) is 0 Å². The zero-order valence-electron chi connectivity index (χ0n) is 6.13. The summed E-state index contributed by atoms with van der Waals surface area (Å²) >= 11 is 0. The fraction of sp³-hybridized carbons (Fsp3) is 0.750. The molecule has 2 fully saturated rings. The van der Waals surface area contributed by atoms with Gasteiger partial charge in [0.25, 0.3) is 0 Å². The van der Waals surface area contributed by atoms with Gasteiger partial charge in [-0.1, -0.05) is 6.08 Å². The first-order valence-electron chi connectivity index (χ1n) is 3.66. The molecule has 1 aliphatic carbocycles. The fourth-order valence-electron chi connectivity index (χ4n) is 1.88. The first-order valence-corrected chi connectivity index (χ1v) is 3.66. The highest BCUT2D eigenvalue weighted by Gasteiger charge is 2.68. The molecule has 1 aliphatic heterocycles. The highest BCUT2D eigenvalue weighted by atomic mass is 16.6. The number of aliphatic hydroxyl groups is 1. The molecule has 0 aromatic rings. The standard InChI is InChI=1S/C8H12O2/c1-3-8(9)5-4-6-7(8,2)10-6/h3,6,9H,1,4-5H2,2H3/t6-,7-,8+/m1/s1. The van der Waals surface area contributed by atoms with Gasteiger partial charge in [-0.25, -0.2) is 0 Å². The summed E-state index contributed by atoms with van der Waals surface area (Å²) in [6.45, 7) is 5.56. The largest absolute Gasteiger partial charge is 0.383 e. The second-order valence-electron chi connectivity index (χ2n) is 3.38. The second kappa shape index (κ2) is 1.46. The average molecular weight is 140 g/mol. The van der Waals surface area contributed by atoms with Gasteiger partial charge in [0.15, 0.2) is 0 Å². The Kier molecular flexibility index (Phi) is 0.930. The number of ether oxygens (including phenoxy) is 1. The zero-order chi connectivity index (χ0) is 7.41. The van der Waals surface area contributed by atoms with Gasteiger partial charge >= 0.3 is 0 Å². The van der Waals surface area contributed by atoms with Crippen molar-refractivity contribution < 1.29 is 9.84 Å². The Balaban J connectivity index is 2.31. The van der Waals surface area contributed by atoms with Crippen molar-refractivity contribution >= 4 is 0 Å². The van der Waals surface area contributed by atoms with E-state index in [2.05, 4.69) is 6.58 Å². The first kappa shape index (κ1) is 6.38. The third-order valence-corrected chi connectivity index (χ3v) is 2.93. The van der Waals surface area contributed by atoms with Gasteiger partial charge in [-0.05, 0) is 19.8 Å². The molecule has 56 valence electrons. The summed E-state index contributed by atoms with van der Waals surface area (Å²) in [6.07, 6.45) is 3.67. The van der Waals surface area contributed by atoms with Crippen molar-refractivity contribution in [3.05, 3.63) is 12.7 Å². The molecular formula is C8H12O2. The summed E-state index contributed by atoms with van der Waals surface area (Å²) < 4.78 is 5.33. The van der Waals surface area contributed by atoms with Crippen LogP contribution in [0.25, 0.3) is 0 Å². The topological polar surface area (TPSA) is 32.8 Å². The van der Waals surface area contributed by atoms with Crippen LogP contribution >= 0.6 is 0 Å². The Morgan fingerprint density at radius 2 is 2.50 bits per heavy atom. The molecule has 0 aromatic carbocycles. The van der Waals surface area contributed by atoms with Crippen LogP contribution in [-0.4, -0.2) is 22.4 Å². The molecule has 0 aromatic heterocycles. The van der Waals surface area contributed by atoms with Crippen LogP contribution in [0.5, 0.6) is 0 Å². The van der Waals surface area contributed by atoms with E-state index in [0.717, 1.165) is 12.8 Å². The summed E-state index contributed by atoms with van der Waals surface area (Å²) in [5, 5.41) is 9.83. The minimum absolute atomic E-state index is 0.287. The minimum Gasteiger partial charge on any atom is -0.383 e. The highest BCUT2D eigenvalue weighted by Crippen LogP contribution is 2.56. The van der Waals surface area contributed by atoms with Gasteiger partial charge < -0.3 is 9.84 Å². The predicted octanol–water partition coefficient (Wildman–Crippen LogP) is 0.855. The van der Waals surface area contributed by atoms with E-state index in [9.17, 15) is 5.11 Å². The number of fused-ring (bicyclic) bond motifs is 1. The molecule has 0 bridgehead atoms. The SMILES string of the molecule is C=C[C@]1(O)CC[C@H]2O[C@]21C. The van der Waals surface area contributed by atoms with Gasteiger partial charge in [0.05, 0.1) is 6.10 Å². The number of hydrogen-bond donors (Lipinski definition) is 1. The molecule has 2 nitrogen and oxygen atoms in total. The first-order chi connectivity index (χ1) is 4.62. The Hall–Kier alpha value is -0.340. The lowest BCUT2D eigenvalue weighted by Crippen LogP contribution is -2.38. The Labute approximate surface area is 60.5 Å². The van der Waals surface area contributed by atoms with Crippen molar-refractivity contribution in [1.29, 1.82) is 0 Å². The quantitative estimate of drug-likeness (QED) is 0.432. The molecule has 2 heteroatoms. The lowest BCUT2D eigenvalue weighted by Gasteiger charge is -2.24. The predicted molar refractivity (Wildman–Crippen MR) is 37.7 cm³/mol. The van der Waals surface area contributed by atoms with Crippen molar-refractivity contribution in [1.82, 2.24) is 0 Å². The van der Waals surface area contributed by atoms with Crippen molar-refractivity contribution in [2.24, 2.45) is 0 Å². The van der Waals surface area contributed by atoms with Crippen LogP contribution in [0.4, 0.5) is 0 Å². The van der Waals surface area contributed by atoms with Crippen LogP contribution in [-0.2, 0) is 4.74 Å². The van der Waals surface area contributed by atoms with E-state index in [1.165, 1.54) is 0 Å². The van der Waals surface area contributed by atoms with E-state index in [1.807, 2.05) is 6.92 Å². The van der Waals surface area contributed by atoms with Gasteiger partial charge in [-0.15, -0.1) is 6.58 Å². The Bertz CT molecular complexity index is 188. The van der Waals surface area contributed by atoms with E-state index in [-0.39, 0.29) is 11.7 Å². The maximum absolute atomic E-state index is 9.83. The van der Waals surface area contributed by atoms with Gasteiger partial charge in [0, 0.05) is 0 Å². The third kappa shape index (κ3) is 0.478. The number of rotatable bonds is 1. The normalized spacial score (nSPS) is 58.0. The van der Waals surface area contributed by atoms with Gasteiger partial charge in [0.1, 0.15) is 11.2 Å². The highest BCUT2D eigenvalue weighted by molar-refractivity contribution is 5.24. The Morgan fingerprint density at radius 1 is 1.80 bits per heavy atom. The zero-order valence-corrected chi connectivity index (χ0v) is 6.13. The summed E-state index contributed by atoms with van der Waals surface area (Å²) in [7, 11) is 0. The van der Waals surface area contributed by atoms with E-state index < -0.39 is 5.60 Å². The molecule has 10 heavy (non-hydrogen) atoms. The van der Waals surface area contributed by atoms with E-state index in [4.69, 9.17) is 4.74 Å². The summed E-state index contributed by atoms with van der Waals surface area (Å²) in [4.78, 5) is 0. The molecule has 2 rings (SSSR count). The molecule has 1 saturated carbocycles. The molecule has 0 unspecified atom stereocenters. The van der Waals surface area contributed by atoms with Crippen LogP contribution in [0.15, 0.2) is 12.7 Å². The third-order valence-electron chi connectivity index (χ3n) is 2.93. The van der Waals surface area contributed by atoms with Crippen molar-refractivity contribution in [2.45, 2.75) is 37.1 Å². The van der Waals surface area contributed by atoms with Crippen molar-refractivity contribution in [3.63, 3.8) is 0 Å². The summed E-state index contributed by atoms with van der Waals surface area (Å²) in [5.74, 6) is 0.